The van der Waals surface area contributed by atoms with Crippen LogP contribution in [-0.2, 0) is 0 Å². The fraction of sp³-hybridized carbons (Fsp3) is 0.200. The first-order valence-corrected chi connectivity index (χ1v) is 5.99. The van der Waals surface area contributed by atoms with Crippen LogP contribution in [0.15, 0.2) is 30.3 Å². The molecule has 0 unspecified atom stereocenters. The maximum atomic E-state index is 13.0. The van der Waals surface area contributed by atoms with E-state index in [0.29, 0.717) is 5.56 Å². The summed E-state index contributed by atoms with van der Waals surface area (Å²) in [5.74, 6) is -0.673. The minimum atomic E-state index is -0.616. The summed E-state index contributed by atoms with van der Waals surface area (Å²) in [6.07, 6.45) is 0. The van der Waals surface area contributed by atoms with Gasteiger partial charge in [0.25, 0.3) is 5.91 Å². The zero-order valence-electron chi connectivity index (χ0n) is 11.1. The first-order chi connectivity index (χ1) is 8.97. The summed E-state index contributed by atoms with van der Waals surface area (Å²) < 4.78 is 13.0. The molecule has 0 atom stereocenters. The average Bonchev–Trinajstić information content (AvgIpc) is 2.27. The highest BCUT2D eigenvalue weighted by atomic mass is 19.1. The second-order valence-corrected chi connectivity index (χ2v) is 4.57. The minimum Gasteiger partial charge on any atom is -0.306 e. The third-order valence-electron chi connectivity index (χ3n) is 2.86. The second kappa shape index (κ2) is 5.18. The summed E-state index contributed by atoms with van der Waals surface area (Å²) in [6.45, 7) is 5.75. The number of amides is 1. The largest absolute Gasteiger partial charge is 0.306 e. The van der Waals surface area contributed by atoms with E-state index in [0.717, 1.165) is 16.7 Å². The quantitative estimate of drug-likeness (QED) is 0.839. The number of pyridine rings is 1. The van der Waals surface area contributed by atoms with Gasteiger partial charge >= 0.3 is 0 Å². The van der Waals surface area contributed by atoms with Crippen LogP contribution < -0.4 is 5.32 Å². The molecular weight excluding hydrogens is 243 g/mol. The molecule has 0 saturated heterocycles. The molecule has 0 aliphatic carbocycles. The highest BCUT2D eigenvalue weighted by Crippen LogP contribution is 2.17. The molecule has 1 heterocycles. The summed E-state index contributed by atoms with van der Waals surface area (Å²) in [5.41, 5.74) is 3.50. The van der Waals surface area contributed by atoms with Crippen LogP contribution in [-0.4, -0.2) is 10.9 Å². The van der Waals surface area contributed by atoms with Gasteiger partial charge in [0.2, 0.25) is 5.95 Å². The van der Waals surface area contributed by atoms with Crippen LogP contribution in [0.4, 0.5) is 10.2 Å². The van der Waals surface area contributed by atoms with Crippen molar-refractivity contribution in [3.63, 3.8) is 0 Å². The van der Waals surface area contributed by atoms with Gasteiger partial charge in [-0.1, -0.05) is 23.8 Å². The summed E-state index contributed by atoms with van der Waals surface area (Å²) in [6, 6.07) is 8.19. The minimum absolute atomic E-state index is 0.212. The van der Waals surface area contributed by atoms with Crippen LogP contribution in [0, 0.1) is 26.7 Å². The molecule has 1 amide bonds. The van der Waals surface area contributed by atoms with Crippen molar-refractivity contribution in [3.05, 3.63) is 58.5 Å². The van der Waals surface area contributed by atoms with Gasteiger partial charge in [0.05, 0.1) is 0 Å². The van der Waals surface area contributed by atoms with Crippen LogP contribution >= 0.6 is 0 Å². The smallest absolute Gasteiger partial charge is 0.257 e. The van der Waals surface area contributed by atoms with Gasteiger partial charge in [0, 0.05) is 5.56 Å². The first kappa shape index (κ1) is 13.2. The fourth-order valence-corrected chi connectivity index (χ4v) is 2.19. The normalized spacial score (nSPS) is 10.3. The SMILES string of the molecule is Cc1cc(C)c(C(=O)Nc2cccc(F)n2)c(C)c1. The number of aromatic nitrogens is 1. The number of carbonyl (C=O) groups is 1. The van der Waals surface area contributed by atoms with E-state index < -0.39 is 5.95 Å². The number of benzene rings is 1. The topological polar surface area (TPSA) is 42.0 Å². The van der Waals surface area contributed by atoms with Gasteiger partial charge in [-0.05, 0) is 44.0 Å². The van der Waals surface area contributed by atoms with Crippen LogP contribution in [0.25, 0.3) is 0 Å². The predicted molar refractivity (Wildman–Crippen MR) is 72.8 cm³/mol. The van der Waals surface area contributed by atoms with Crippen molar-refractivity contribution in [2.45, 2.75) is 20.8 Å². The highest BCUT2D eigenvalue weighted by Gasteiger charge is 2.13. The lowest BCUT2D eigenvalue weighted by Crippen LogP contribution is -2.16. The lowest BCUT2D eigenvalue weighted by molar-refractivity contribution is 0.102. The molecule has 2 aromatic rings. The fourth-order valence-electron chi connectivity index (χ4n) is 2.19. The van der Waals surface area contributed by atoms with Crippen molar-refractivity contribution in [1.82, 2.24) is 4.98 Å². The molecule has 0 spiro atoms. The van der Waals surface area contributed by atoms with E-state index in [4.69, 9.17) is 0 Å². The van der Waals surface area contributed by atoms with Crippen molar-refractivity contribution in [2.75, 3.05) is 5.32 Å². The molecule has 0 saturated carbocycles. The highest BCUT2D eigenvalue weighted by molar-refractivity contribution is 6.05. The third-order valence-corrected chi connectivity index (χ3v) is 2.86. The Morgan fingerprint density at radius 2 is 1.79 bits per heavy atom. The summed E-state index contributed by atoms with van der Waals surface area (Å²) in [5, 5.41) is 2.61. The van der Waals surface area contributed by atoms with E-state index in [2.05, 4.69) is 10.3 Å². The molecule has 0 fully saturated rings. The molecule has 4 heteroatoms. The number of anilines is 1. The number of nitrogens with one attached hydrogen (secondary N) is 1. The molecule has 3 nitrogen and oxygen atoms in total. The molecule has 1 aromatic carbocycles. The first-order valence-electron chi connectivity index (χ1n) is 5.99. The average molecular weight is 258 g/mol. The second-order valence-electron chi connectivity index (χ2n) is 4.57. The van der Waals surface area contributed by atoms with Crippen LogP contribution in [0.3, 0.4) is 0 Å². The van der Waals surface area contributed by atoms with Gasteiger partial charge in [-0.25, -0.2) is 4.98 Å². The van der Waals surface area contributed by atoms with Crippen LogP contribution in [0.5, 0.6) is 0 Å². The van der Waals surface area contributed by atoms with Gasteiger partial charge in [-0.15, -0.1) is 0 Å². The number of carbonyl (C=O) groups excluding carboxylic acids is 1. The van der Waals surface area contributed by atoms with Gasteiger partial charge in [0.1, 0.15) is 5.82 Å². The molecule has 1 aromatic heterocycles. The molecular formula is C15H15FN2O. The molecule has 1 N–H and O–H groups in total. The number of hydrogen-bond acceptors (Lipinski definition) is 2. The third kappa shape index (κ3) is 2.96. The molecule has 0 bridgehead atoms. The Balaban J connectivity index is 2.31. The summed E-state index contributed by atoms with van der Waals surface area (Å²) in [4.78, 5) is 15.8. The maximum absolute atomic E-state index is 13.0. The van der Waals surface area contributed by atoms with E-state index in [1.807, 2.05) is 32.9 Å². The van der Waals surface area contributed by atoms with E-state index in [-0.39, 0.29) is 11.7 Å². The number of hydrogen-bond donors (Lipinski definition) is 1. The molecule has 0 aliphatic rings. The van der Waals surface area contributed by atoms with E-state index in [1.54, 1.807) is 6.07 Å². The van der Waals surface area contributed by atoms with E-state index in [1.165, 1.54) is 12.1 Å². The zero-order valence-corrected chi connectivity index (χ0v) is 11.1. The molecule has 0 radical (unpaired) electrons. The molecule has 19 heavy (non-hydrogen) atoms. The summed E-state index contributed by atoms with van der Waals surface area (Å²) >= 11 is 0. The van der Waals surface area contributed by atoms with Crippen LogP contribution in [0.1, 0.15) is 27.0 Å². The van der Waals surface area contributed by atoms with Crippen molar-refractivity contribution in [3.8, 4) is 0 Å². The zero-order chi connectivity index (χ0) is 14.0. The Morgan fingerprint density at radius 3 is 2.37 bits per heavy atom. The van der Waals surface area contributed by atoms with Crippen molar-refractivity contribution >= 4 is 11.7 Å². The van der Waals surface area contributed by atoms with E-state index in [9.17, 15) is 9.18 Å². The molecule has 98 valence electrons. The van der Waals surface area contributed by atoms with Gasteiger partial charge in [0.15, 0.2) is 0 Å². The van der Waals surface area contributed by atoms with Gasteiger partial charge in [-0.3, -0.25) is 4.79 Å². The van der Waals surface area contributed by atoms with Gasteiger partial charge < -0.3 is 5.32 Å². The lowest BCUT2D eigenvalue weighted by Gasteiger charge is -2.11. The number of aryl methyl sites for hydroxylation is 3. The number of rotatable bonds is 2. The Bertz CT molecular complexity index is 615. The van der Waals surface area contributed by atoms with Crippen molar-refractivity contribution in [1.29, 1.82) is 0 Å². The number of halogens is 1. The lowest BCUT2D eigenvalue weighted by atomic mass is 9.99. The molecule has 0 aliphatic heterocycles. The Labute approximate surface area is 111 Å². The predicted octanol–water partition coefficient (Wildman–Crippen LogP) is 3.40. The standard InChI is InChI=1S/C15H15FN2O/c1-9-7-10(2)14(11(3)8-9)15(19)18-13-6-4-5-12(16)17-13/h4-8H,1-3H3,(H,17,18,19). The Morgan fingerprint density at radius 1 is 1.16 bits per heavy atom. The van der Waals surface area contributed by atoms with Crippen LogP contribution in [0.2, 0.25) is 0 Å². The van der Waals surface area contributed by atoms with Gasteiger partial charge in [-0.2, -0.15) is 4.39 Å². The van der Waals surface area contributed by atoms with Crippen molar-refractivity contribution < 1.29 is 9.18 Å². The number of nitrogens with zero attached hydrogens (tertiary/aromatic N) is 1. The molecule has 2 rings (SSSR count). The van der Waals surface area contributed by atoms with E-state index >= 15 is 0 Å². The Kier molecular flexibility index (Phi) is 3.60. The maximum Gasteiger partial charge on any atom is 0.257 e. The van der Waals surface area contributed by atoms with Crippen molar-refractivity contribution in [2.24, 2.45) is 0 Å². The monoisotopic (exact) mass is 258 g/mol. The Hall–Kier alpha value is -2.23. The summed E-state index contributed by atoms with van der Waals surface area (Å²) in [7, 11) is 0.